The average Bonchev–Trinajstić information content (AvgIpc) is 3.32. The monoisotopic (exact) mass is 959 g/mol. The van der Waals surface area contributed by atoms with E-state index in [4.69, 9.17) is 0 Å². The van der Waals surface area contributed by atoms with Crippen molar-refractivity contribution in [2.75, 3.05) is 0 Å². The molecule has 1 aromatic heterocycles. The van der Waals surface area contributed by atoms with E-state index in [1.54, 1.807) is 0 Å². The van der Waals surface area contributed by atoms with E-state index in [1.807, 2.05) is 47.3 Å². The molecule has 1 aliphatic rings. The van der Waals surface area contributed by atoms with Crippen molar-refractivity contribution in [1.82, 2.24) is 0 Å². The van der Waals surface area contributed by atoms with Crippen molar-refractivity contribution in [2.24, 2.45) is 0 Å². The van der Waals surface area contributed by atoms with Crippen LogP contribution < -0.4 is 26.4 Å². The predicted molar refractivity (Wildman–Crippen MR) is 192 cm³/mol. The lowest BCUT2D eigenvalue weighted by Crippen LogP contribution is -2.81. The van der Waals surface area contributed by atoms with Crippen LogP contribution in [0.4, 0.5) is 87.8 Å². The van der Waals surface area contributed by atoms with E-state index in [0.717, 1.165) is 11.5 Å². The Balaban J connectivity index is 0.000000284. The van der Waals surface area contributed by atoms with Gasteiger partial charge in [-0.15, -0.1) is 21.9 Å². The minimum Gasteiger partial charge on any atom is -0.287 e. The van der Waals surface area contributed by atoms with Gasteiger partial charge < -0.3 is 0 Å². The number of pyridine rings is 1. The van der Waals surface area contributed by atoms with Crippen molar-refractivity contribution in [2.45, 2.75) is 44.6 Å². The lowest BCUT2D eigenvalue weighted by atomic mass is 9.12. The van der Waals surface area contributed by atoms with Crippen LogP contribution in [0.3, 0.4) is 0 Å². The molecule has 0 bridgehead atoms. The number of ketones is 1. The van der Waals surface area contributed by atoms with E-state index in [0.29, 0.717) is 6.54 Å². The van der Waals surface area contributed by atoms with Crippen LogP contribution in [-0.2, 0) is 6.54 Å². The summed E-state index contributed by atoms with van der Waals surface area (Å²) in [6, 6.07) is 13.9. The van der Waals surface area contributed by atoms with Gasteiger partial charge in [-0.25, -0.2) is 87.8 Å². The summed E-state index contributed by atoms with van der Waals surface area (Å²) >= 11 is 0. The number of carbonyl (C=O) groups excluding carboxylic acids is 1. The smallest absolute Gasteiger partial charge is 0.227 e. The third-order valence-electron chi connectivity index (χ3n) is 11.1. The zero-order valence-electron chi connectivity index (χ0n) is 32.5. The number of rotatable bonds is 8. The lowest BCUT2D eigenvalue weighted by molar-refractivity contribution is -0.683. The Bertz CT molecular complexity index is 2510. The van der Waals surface area contributed by atoms with Crippen LogP contribution in [0.2, 0.25) is 0 Å². The highest BCUT2D eigenvalue weighted by atomic mass is 19.2. The van der Waals surface area contributed by atoms with E-state index >= 15 is 35.1 Å². The number of nitrogens with zero attached hydrogens (tertiary/aromatic N) is 1. The zero-order chi connectivity index (χ0) is 48.8. The van der Waals surface area contributed by atoms with E-state index < -0.39 is 144 Å². The summed E-state index contributed by atoms with van der Waals surface area (Å²) in [4.78, 5) is 12.2. The highest BCUT2D eigenvalue weighted by molar-refractivity contribution is 7.20. The second-order valence-electron chi connectivity index (χ2n) is 14.7. The Kier molecular flexibility index (Phi) is 14.0. The number of benzene rings is 5. The highest BCUT2D eigenvalue weighted by Crippen LogP contribution is 2.33. The van der Waals surface area contributed by atoms with Crippen LogP contribution in [0.5, 0.6) is 0 Å². The van der Waals surface area contributed by atoms with Crippen molar-refractivity contribution in [3.05, 3.63) is 182 Å². The topological polar surface area (TPSA) is 20.9 Å². The molecule has 0 radical (unpaired) electrons. The van der Waals surface area contributed by atoms with Crippen molar-refractivity contribution in [3.8, 4) is 0 Å². The molecule has 0 unspecified atom stereocenters. The number of aromatic nitrogens is 1. The Morgan fingerprint density at radius 2 is 0.667 bits per heavy atom. The number of carbonyl (C=O) groups is 1. The van der Waals surface area contributed by atoms with E-state index in [1.165, 1.54) is 37.7 Å². The standard InChI is InChI=1S/C24BF20.C19H22NO/c26-5-1(6(27)14(35)21(42)13(5)34)25(2-7(28)15(36)22(43)16(37)8(2)29,3-9(30)17(38)23(44)18(39)10(3)31)4-11(32)19(40)24(45)20(41)12(4)33;21-19(18-9-5-2-6-10-18)15-20-13-11-17(12-14-20)16-7-3-1-4-8-16/h;2,5-6,9-14,16H,1,3-4,7-8,15H2/q-1;+1. The quantitative estimate of drug-likeness (QED) is 0.0372. The van der Waals surface area contributed by atoms with E-state index in [-0.39, 0.29) is 5.78 Å². The molecule has 1 fully saturated rings. The summed E-state index contributed by atoms with van der Waals surface area (Å²) in [5.41, 5.74) is -12.1. The zero-order valence-corrected chi connectivity index (χ0v) is 32.5. The molecule has 6 aromatic rings. The molecule has 1 heterocycles. The molecule has 2 nitrogen and oxygen atoms in total. The number of hydrogen-bond donors (Lipinski definition) is 0. The summed E-state index contributed by atoms with van der Waals surface area (Å²) < 4.78 is 296. The van der Waals surface area contributed by atoms with Crippen LogP contribution in [-0.4, -0.2) is 11.9 Å². The van der Waals surface area contributed by atoms with Crippen LogP contribution >= 0.6 is 0 Å². The predicted octanol–water partition coefficient (Wildman–Crippen LogP) is 9.75. The minimum atomic E-state index is -7.22. The Morgan fingerprint density at radius 3 is 0.955 bits per heavy atom. The molecule has 0 spiro atoms. The fourth-order valence-corrected chi connectivity index (χ4v) is 8.04. The second kappa shape index (κ2) is 18.8. The number of Topliss-reactive ketones (excluding diaryl/α,β-unsaturated/α-hetero) is 1. The molecule has 1 aliphatic carbocycles. The SMILES string of the molecule is Fc1c(F)c(F)c([B-](c2c(F)c(F)c(F)c(F)c2F)(c2c(F)c(F)c(F)c(F)c2F)c2c(F)c(F)c(F)c(F)c2F)c(F)c1F.O=C(C[n+]1ccc(C2CCCCC2)cc1)c1ccccc1. The van der Waals surface area contributed by atoms with Gasteiger partial charge in [0.25, 0.3) is 0 Å². The fraction of sp³-hybridized carbons (Fsp3) is 0.163. The van der Waals surface area contributed by atoms with Gasteiger partial charge in [0.2, 0.25) is 12.3 Å². The Hall–Kier alpha value is -6.42. The largest absolute Gasteiger partial charge is 0.287 e. The third-order valence-corrected chi connectivity index (χ3v) is 11.1. The summed E-state index contributed by atoms with van der Waals surface area (Å²) in [6.07, 6.45) is 3.59. The molecule has 0 N–H and O–H groups in total. The van der Waals surface area contributed by atoms with Gasteiger partial charge >= 0.3 is 0 Å². The summed E-state index contributed by atoms with van der Waals surface area (Å²) in [5.74, 6) is -70.5. The summed E-state index contributed by atoms with van der Waals surface area (Å²) in [6.45, 7) is 0.412. The molecular weight excluding hydrogens is 937 g/mol. The van der Waals surface area contributed by atoms with Crippen LogP contribution in [0.1, 0.15) is 53.9 Å². The maximum atomic E-state index is 15.4. The van der Waals surface area contributed by atoms with E-state index in [9.17, 15) is 57.5 Å². The van der Waals surface area contributed by atoms with Crippen LogP contribution in [0.15, 0.2) is 54.9 Å². The summed E-state index contributed by atoms with van der Waals surface area (Å²) in [5, 5.41) is 0. The lowest BCUT2D eigenvalue weighted by Gasteiger charge is -2.44. The van der Waals surface area contributed by atoms with Gasteiger partial charge in [-0.3, -0.25) is 4.79 Å². The van der Waals surface area contributed by atoms with Gasteiger partial charge in [-0.1, -0.05) is 49.6 Å². The van der Waals surface area contributed by atoms with Gasteiger partial charge in [0.1, 0.15) is 52.7 Å². The highest BCUT2D eigenvalue weighted by Gasteiger charge is 2.52. The van der Waals surface area contributed by atoms with Gasteiger partial charge in [0.15, 0.2) is 82.2 Å². The molecule has 0 saturated heterocycles. The third kappa shape index (κ3) is 8.02. The first-order valence-electron chi connectivity index (χ1n) is 18.8. The minimum absolute atomic E-state index is 0.158. The van der Waals surface area contributed by atoms with Crippen LogP contribution in [0, 0.1) is 116 Å². The molecular formula is C43H22BF20NO. The average molecular weight is 959 g/mol. The van der Waals surface area contributed by atoms with Crippen molar-refractivity contribution >= 4 is 33.8 Å². The molecule has 348 valence electrons. The fourth-order valence-electron chi connectivity index (χ4n) is 8.04. The molecule has 1 saturated carbocycles. The molecule has 0 atom stereocenters. The maximum absolute atomic E-state index is 15.4. The first-order chi connectivity index (χ1) is 31.0. The Labute approximate surface area is 357 Å². The summed E-state index contributed by atoms with van der Waals surface area (Å²) in [7, 11) is 0. The van der Waals surface area contributed by atoms with Crippen LogP contribution in [0.25, 0.3) is 0 Å². The molecule has 0 aliphatic heterocycles. The number of hydrogen-bond acceptors (Lipinski definition) is 1. The Morgan fingerprint density at radius 1 is 0.394 bits per heavy atom. The van der Waals surface area contributed by atoms with Crippen molar-refractivity contribution in [3.63, 3.8) is 0 Å². The number of halogens is 20. The molecule has 7 rings (SSSR count). The van der Waals surface area contributed by atoms with Gasteiger partial charge in [-0.05, 0) is 24.3 Å². The molecule has 23 heteroatoms. The van der Waals surface area contributed by atoms with Gasteiger partial charge in [0, 0.05) is 17.7 Å². The molecule has 5 aromatic carbocycles. The van der Waals surface area contributed by atoms with E-state index in [2.05, 4.69) is 12.1 Å². The molecule has 0 amide bonds. The van der Waals surface area contributed by atoms with Crippen molar-refractivity contribution < 1.29 is 97.2 Å². The maximum Gasteiger partial charge on any atom is 0.227 e. The van der Waals surface area contributed by atoms with Gasteiger partial charge in [0.05, 0.1) is 0 Å². The first-order valence-corrected chi connectivity index (χ1v) is 18.8. The van der Waals surface area contributed by atoms with Gasteiger partial charge in [-0.2, -0.15) is 4.57 Å². The van der Waals surface area contributed by atoms with Crippen molar-refractivity contribution in [1.29, 1.82) is 0 Å². The normalized spacial score (nSPS) is 13.2. The molecule has 66 heavy (non-hydrogen) atoms. The second-order valence-corrected chi connectivity index (χ2v) is 14.7. The first kappa shape index (κ1) is 49.0.